The molecule has 0 saturated heterocycles. The quantitative estimate of drug-likeness (QED) is 0.714. The van der Waals surface area contributed by atoms with E-state index in [0.717, 1.165) is 10.6 Å². The van der Waals surface area contributed by atoms with Gasteiger partial charge in [0.25, 0.3) is 0 Å². The number of ether oxygens (including phenoxy) is 2. The molecule has 0 fully saturated rings. The number of thioether (sulfide) groups is 1. The molecule has 1 aliphatic rings. The van der Waals surface area contributed by atoms with Crippen molar-refractivity contribution in [1.29, 1.82) is 0 Å². The van der Waals surface area contributed by atoms with Crippen LogP contribution in [0.15, 0.2) is 11.0 Å². The highest BCUT2D eigenvalue weighted by Gasteiger charge is 2.23. The van der Waals surface area contributed by atoms with E-state index < -0.39 is 0 Å². The SMILES string of the molecule is COc1cc(N)c2c(c1N)OC(C)CS2. The third-order valence-corrected chi connectivity index (χ3v) is 3.61. The second kappa shape index (κ2) is 3.73. The van der Waals surface area contributed by atoms with Gasteiger partial charge in [0.15, 0.2) is 5.75 Å². The molecule has 82 valence electrons. The van der Waals surface area contributed by atoms with Gasteiger partial charge in [-0.3, -0.25) is 0 Å². The predicted octanol–water partition coefficient (Wildman–Crippen LogP) is 1.73. The molecule has 15 heavy (non-hydrogen) atoms. The largest absolute Gasteiger partial charge is 0.494 e. The maximum absolute atomic E-state index is 5.93. The Bertz CT molecular complexity index is 395. The molecule has 4 N–H and O–H groups in total. The predicted molar refractivity (Wildman–Crippen MR) is 62.6 cm³/mol. The zero-order chi connectivity index (χ0) is 11.0. The topological polar surface area (TPSA) is 70.5 Å². The Labute approximate surface area is 92.9 Å². The molecule has 1 heterocycles. The fourth-order valence-corrected chi connectivity index (χ4v) is 2.50. The van der Waals surface area contributed by atoms with Crippen molar-refractivity contribution in [3.63, 3.8) is 0 Å². The monoisotopic (exact) mass is 226 g/mol. The van der Waals surface area contributed by atoms with Gasteiger partial charge in [-0.1, -0.05) is 0 Å². The van der Waals surface area contributed by atoms with Gasteiger partial charge in [0.05, 0.1) is 17.7 Å². The first-order valence-electron chi connectivity index (χ1n) is 4.69. The number of hydrogen-bond acceptors (Lipinski definition) is 5. The summed E-state index contributed by atoms with van der Waals surface area (Å²) in [5, 5.41) is 0. The average Bonchev–Trinajstić information content (AvgIpc) is 2.23. The van der Waals surface area contributed by atoms with E-state index in [4.69, 9.17) is 20.9 Å². The number of hydrogen-bond donors (Lipinski definition) is 2. The van der Waals surface area contributed by atoms with Crippen molar-refractivity contribution in [2.24, 2.45) is 0 Å². The van der Waals surface area contributed by atoms with E-state index in [1.165, 1.54) is 0 Å². The van der Waals surface area contributed by atoms with Crippen LogP contribution in [0.25, 0.3) is 0 Å². The lowest BCUT2D eigenvalue weighted by atomic mass is 10.2. The van der Waals surface area contributed by atoms with E-state index in [0.29, 0.717) is 22.9 Å². The van der Waals surface area contributed by atoms with Gasteiger partial charge in [-0.25, -0.2) is 0 Å². The smallest absolute Gasteiger partial charge is 0.162 e. The first kappa shape index (κ1) is 10.3. The van der Waals surface area contributed by atoms with Crippen LogP contribution < -0.4 is 20.9 Å². The molecule has 1 atom stereocenters. The molecule has 0 aliphatic carbocycles. The van der Waals surface area contributed by atoms with Gasteiger partial charge in [0.2, 0.25) is 0 Å². The molecule has 0 aromatic heterocycles. The van der Waals surface area contributed by atoms with Crippen LogP contribution in [0.3, 0.4) is 0 Å². The summed E-state index contributed by atoms with van der Waals surface area (Å²) in [6, 6.07) is 1.74. The Kier molecular flexibility index (Phi) is 2.56. The molecule has 1 aromatic carbocycles. The van der Waals surface area contributed by atoms with Crippen LogP contribution in [0.2, 0.25) is 0 Å². The van der Waals surface area contributed by atoms with Crippen molar-refractivity contribution in [3.8, 4) is 11.5 Å². The fraction of sp³-hybridized carbons (Fsp3) is 0.400. The van der Waals surface area contributed by atoms with E-state index in [9.17, 15) is 0 Å². The molecule has 0 amide bonds. The lowest BCUT2D eigenvalue weighted by molar-refractivity contribution is 0.236. The van der Waals surface area contributed by atoms with Gasteiger partial charge in [-0.15, -0.1) is 11.8 Å². The Hall–Kier alpha value is -1.23. The molecular weight excluding hydrogens is 212 g/mol. The minimum Gasteiger partial charge on any atom is -0.494 e. The van der Waals surface area contributed by atoms with Crippen molar-refractivity contribution in [3.05, 3.63) is 6.07 Å². The van der Waals surface area contributed by atoms with Crippen molar-refractivity contribution in [2.45, 2.75) is 17.9 Å². The first-order chi connectivity index (χ1) is 7.13. The molecule has 0 spiro atoms. The molecular formula is C10H14N2O2S. The molecule has 0 radical (unpaired) electrons. The minimum atomic E-state index is 0.149. The standard InChI is InChI=1S/C10H14N2O2S/c1-5-4-15-10-6(11)3-7(13-2)8(12)9(10)14-5/h3,5H,4,11-12H2,1-2H3. The normalized spacial score (nSPS) is 19.2. The van der Waals surface area contributed by atoms with Gasteiger partial charge >= 0.3 is 0 Å². The molecule has 0 bridgehead atoms. The zero-order valence-corrected chi connectivity index (χ0v) is 9.56. The summed E-state index contributed by atoms with van der Waals surface area (Å²) in [7, 11) is 1.57. The maximum atomic E-state index is 5.93. The number of anilines is 2. The van der Waals surface area contributed by atoms with Crippen molar-refractivity contribution >= 4 is 23.1 Å². The number of nitrogens with two attached hydrogens (primary N) is 2. The lowest BCUT2D eigenvalue weighted by Crippen LogP contribution is -2.20. The summed E-state index contributed by atoms with van der Waals surface area (Å²) in [5.41, 5.74) is 13.0. The second-order valence-corrected chi connectivity index (χ2v) is 4.51. The molecule has 1 unspecified atom stereocenters. The summed E-state index contributed by atoms with van der Waals surface area (Å²) >= 11 is 1.67. The first-order valence-corrected chi connectivity index (χ1v) is 5.67. The molecule has 1 aliphatic heterocycles. The third kappa shape index (κ3) is 1.67. The molecule has 1 aromatic rings. The van der Waals surface area contributed by atoms with Crippen molar-refractivity contribution in [1.82, 2.24) is 0 Å². The van der Waals surface area contributed by atoms with Gasteiger partial charge in [0.1, 0.15) is 17.5 Å². The van der Waals surface area contributed by atoms with E-state index in [1.807, 2.05) is 6.92 Å². The lowest BCUT2D eigenvalue weighted by Gasteiger charge is -2.25. The van der Waals surface area contributed by atoms with Crippen LogP contribution >= 0.6 is 11.8 Å². The number of rotatable bonds is 1. The van der Waals surface area contributed by atoms with E-state index in [-0.39, 0.29) is 6.10 Å². The van der Waals surface area contributed by atoms with Gasteiger partial charge in [0, 0.05) is 11.8 Å². The van der Waals surface area contributed by atoms with Gasteiger partial charge < -0.3 is 20.9 Å². The highest BCUT2D eigenvalue weighted by Crippen LogP contribution is 2.47. The van der Waals surface area contributed by atoms with Gasteiger partial charge in [-0.2, -0.15) is 0 Å². The average molecular weight is 226 g/mol. The third-order valence-electron chi connectivity index (χ3n) is 2.27. The zero-order valence-electron chi connectivity index (χ0n) is 8.74. The summed E-state index contributed by atoms with van der Waals surface area (Å²) in [6.07, 6.45) is 0.149. The fourth-order valence-electron chi connectivity index (χ4n) is 1.52. The Morgan fingerprint density at radius 2 is 2.27 bits per heavy atom. The molecule has 0 saturated carbocycles. The van der Waals surface area contributed by atoms with Crippen LogP contribution in [0.1, 0.15) is 6.92 Å². The van der Waals surface area contributed by atoms with Crippen molar-refractivity contribution in [2.75, 3.05) is 24.3 Å². The Morgan fingerprint density at radius 1 is 1.53 bits per heavy atom. The number of methoxy groups -OCH3 is 1. The summed E-state index contributed by atoms with van der Waals surface area (Å²) in [5.74, 6) is 2.12. The highest BCUT2D eigenvalue weighted by molar-refractivity contribution is 7.99. The van der Waals surface area contributed by atoms with E-state index in [2.05, 4.69) is 0 Å². The number of fused-ring (bicyclic) bond motifs is 1. The van der Waals surface area contributed by atoms with Crippen LogP contribution in [0.5, 0.6) is 11.5 Å². The van der Waals surface area contributed by atoms with Crippen LogP contribution in [0.4, 0.5) is 11.4 Å². The number of nitrogen functional groups attached to an aromatic ring is 2. The van der Waals surface area contributed by atoms with Crippen LogP contribution in [0, 0.1) is 0 Å². The second-order valence-electron chi connectivity index (χ2n) is 3.48. The molecule has 4 nitrogen and oxygen atoms in total. The summed E-state index contributed by atoms with van der Waals surface area (Å²) < 4.78 is 10.8. The number of benzene rings is 1. The highest BCUT2D eigenvalue weighted by atomic mass is 32.2. The van der Waals surface area contributed by atoms with E-state index in [1.54, 1.807) is 24.9 Å². The summed E-state index contributed by atoms with van der Waals surface area (Å²) in [4.78, 5) is 0.923. The minimum absolute atomic E-state index is 0.149. The Morgan fingerprint density at radius 3 is 2.93 bits per heavy atom. The maximum Gasteiger partial charge on any atom is 0.162 e. The molecule has 2 rings (SSSR count). The van der Waals surface area contributed by atoms with Crippen LogP contribution in [-0.2, 0) is 0 Å². The van der Waals surface area contributed by atoms with Crippen LogP contribution in [-0.4, -0.2) is 19.0 Å². The molecule has 5 heteroatoms. The Balaban J connectivity index is 2.55. The van der Waals surface area contributed by atoms with Gasteiger partial charge in [-0.05, 0) is 6.92 Å². The van der Waals surface area contributed by atoms with Crippen molar-refractivity contribution < 1.29 is 9.47 Å². The van der Waals surface area contributed by atoms with E-state index >= 15 is 0 Å². The summed E-state index contributed by atoms with van der Waals surface area (Å²) in [6.45, 7) is 2.01.